The number of fused-ring (bicyclic) bond motifs is 1. The predicted octanol–water partition coefficient (Wildman–Crippen LogP) is -3.17. The van der Waals surface area contributed by atoms with Gasteiger partial charge in [-0.1, -0.05) is 6.42 Å². The number of carbonyl (C=O) groups is 3. The van der Waals surface area contributed by atoms with E-state index in [2.05, 4.69) is 16.0 Å². The Morgan fingerprint density at radius 2 is 2.00 bits per heavy atom. The van der Waals surface area contributed by atoms with Gasteiger partial charge in [0, 0.05) is 23.8 Å². The number of carbonyl (C=O) groups excluding carboxylic acids is 2. The maximum Gasteiger partial charge on any atom is 0.364 e. The molecule has 0 aliphatic carbocycles. The third-order valence-electron chi connectivity index (χ3n) is 6.25. The van der Waals surface area contributed by atoms with E-state index >= 15 is 0 Å². The summed E-state index contributed by atoms with van der Waals surface area (Å²) in [5, 5.41) is 67.3. The van der Waals surface area contributed by atoms with Gasteiger partial charge in [0.2, 0.25) is 5.91 Å². The standard InChI is InChI=1S/C19H31N3O10S/c23-6-10(25)15(27)16-14(9(24)5-19(31,32-16)17(28)29)21-12(26)4-2-1-3-11-13-8(7-33-11)20-18(30)22-13/h8-11,13-16,23-25,27,31H,1-7H2,(H,21,26)(H,28,29)(H2,20,22,30)/t8-,9-,10+,11-,13-,14+,15+,16+,19-/m0/s1. The summed E-state index contributed by atoms with van der Waals surface area (Å²) in [5.41, 5.74) is 0. The molecular weight excluding hydrogens is 462 g/mol. The molecule has 0 aromatic carbocycles. The van der Waals surface area contributed by atoms with Crippen molar-refractivity contribution in [2.24, 2.45) is 0 Å². The Balaban J connectivity index is 1.52. The van der Waals surface area contributed by atoms with Crippen molar-refractivity contribution in [1.82, 2.24) is 16.0 Å². The minimum Gasteiger partial charge on any atom is -0.477 e. The first kappa shape index (κ1) is 25.9. The van der Waals surface area contributed by atoms with Gasteiger partial charge in [-0.3, -0.25) is 4.79 Å². The maximum absolute atomic E-state index is 12.5. The van der Waals surface area contributed by atoms with E-state index in [0.29, 0.717) is 12.8 Å². The Morgan fingerprint density at radius 3 is 2.67 bits per heavy atom. The molecule has 9 N–H and O–H groups in total. The van der Waals surface area contributed by atoms with Gasteiger partial charge >= 0.3 is 12.0 Å². The fourth-order valence-electron chi connectivity index (χ4n) is 4.43. The first-order chi connectivity index (χ1) is 15.6. The molecule has 0 saturated carbocycles. The molecule has 188 valence electrons. The van der Waals surface area contributed by atoms with E-state index in [4.69, 9.17) is 9.84 Å². The van der Waals surface area contributed by atoms with Crippen LogP contribution in [0, 0.1) is 0 Å². The topological polar surface area (TPSA) is 218 Å². The molecule has 14 heteroatoms. The van der Waals surface area contributed by atoms with Crippen LogP contribution in [-0.2, 0) is 14.3 Å². The van der Waals surface area contributed by atoms with Gasteiger partial charge in [-0.2, -0.15) is 11.8 Å². The Hall–Kier alpha value is -1.68. The van der Waals surface area contributed by atoms with Crippen LogP contribution in [-0.4, -0.2) is 114 Å². The second-order valence-electron chi connectivity index (χ2n) is 8.64. The molecule has 3 aliphatic heterocycles. The smallest absolute Gasteiger partial charge is 0.364 e. The zero-order valence-corrected chi connectivity index (χ0v) is 18.6. The summed E-state index contributed by atoms with van der Waals surface area (Å²) >= 11 is 1.76. The molecular formula is C19H31N3O10S. The Bertz CT molecular complexity index is 745. The monoisotopic (exact) mass is 493 g/mol. The Kier molecular flexibility index (Phi) is 8.42. The number of hydrogen-bond acceptors (Lipinski definition) is 10. The van der Waals surface area contributed by atoms with Crippen LogP contribution in [0.25, 0.3) is 0 Å². The van der Waals surface area contributed by atoms with Crippen LogP contribution >= 0.6 is 11.8 Å². The van der Waals surface area contributed by atoms with Crippen molar-refractivity contribution >= 4 is 29.7 Å². The van der Waals surface area contributed by atoms with Crippen LogP contribution in [0.1, 0.15) is 32.1 Å². The van der Waals surface area contributed by atoms with Crippen molar-refractivity contribution in [3.8, 4) is 0 Å². The molecule has 0 radical (unpaired) electrons. The Morgan fingerprint density at radius 1 is 1.27 bits per heavy atom. The highest BCUT2D eigenvalue weighted by molar-refractivity contribution is 8.00. The molecule has 3 heterocycles. The number of thioether (sulfide) groups is 1. The fourth-order valence-corrected chi connectivity index (χ4v) is 5.98. The number of urea groups is 1. The molecule has 3 rings (SSSR count). The number of aliphatic carboxylic acids is 1. The predicted molar refractivity (Wildman–Crippen MR) is 113 cm³/mol. The average molecular weight is 494 g/mol. The number of carboxylic acids is 1. The van der Waals surface area contributed by atoms with Crippen LogP contribution in [0.5, 0.6) is 0 Å². The van der Waals surface area contributed by atoms with E-state index in [1.165, 1.54) is 0 Å². The molecule has 0 unspecified atom stereocenters. The van der Waals surface area contributed by atoms with E-state index < -0.39 is 61.1 Å². The van der Waals surface area contributed by atoms with Crippen LogP contribution in [0.2, 0.25) is 0 Å². The highest BCUT2D eigenvalue weighted by Gasteiger charge is 2.54. The molecule has 13 nitrogen and oxygen atoms in total. The van der Waals surface area contributed by atoms with Gasteiger partial charge in [0.1, 0.15) is 18.3 Å². The molecule has 0 aromatic rings. The molecule has 3 fully saturated rings. The van der Waals surface area contributed by atoms with Gasteiger partial charge < -0.3 is 51.3 Å². The van der Waals surface area contributed by atoms with Crippen molar-refractivity contribution in [2.75, 3.05) is 12.4 Å². The van der Waals surface area contributed by atoms with E-state index in [1.54, 1.807) is 11.8 Å². The number of aliphatic hydroxyl groups is 5. The zero-order valence-electron chi connectivity index (χ0n) is 17.8. The van der Waals surface area contributed by atoms with Gasteiger partial charge in [-0.25, -0.2) is 9.59 Å². The number of ether oxygens (including phenoxy) is 1. The van der Waals surface area contributed by atoms with Gasteiger partial charge in [0.25, 0.3) is 5.79 Å². The number of aliphatic hydroxyl groups excluding tert-OH is 4. The van der Waals surface area contributed by atoms with Crippen LogP contribution in [0.4, 0.5) is 4.79 Å². The minimum atomic E-state index is -2.83. The van der Waals surface area contributed by atoms with Crippen LogP contribution in [0.3, 0.4) is 0 Å². The molecule has 0 aromatic heterocycles. The van der Waals surface area contributed by atoms with Gasteiger partial charge in [0.05, 0.1) is 30.8 Å². The molecule has 33 heavy (non-hydrogen) atoms. The van der Waals surface area contributed by atoms with Crippen molar-refractivity contribution in [2.45, 2.75) is 85.7 Å². The normalized spacial score (nSPS) is 37.5. The molecule has 3 aliphatic rings. The summed E-state index contributed by atoms with van der Waals surface area (Å²) < 4.78 is 5.06. The Labute approximate surface area is 193 Å². The molecule has 0 bridgehead atoms. The maximum atomic E-state index is 12.5. The second kappa shape index (κ2) is 10.7. The molecule has 0 spiro atoms. The van der Waals surface area contributed by atoms with Crippen LogP contribution in [0.15, 0.2) is 0 Å². The first-order valence-electron chi connectivity index (χ1n) is 10.8. The highest BCUT2D eigenvalue weighted by Crippen LogP contribution is 2.33. The quantitative estimate of drug-likeness (QED) is 0.109. The lowest BCUT2D eigenvalue weighted by molar-refractivity contribution is -0.295. The third kappa shape index (κ3) is 5.88. The second-order valence-corrected chi connectivity index (χ2v) is 9.92. The third-order valence-corrected chi connectivity index (χ3v) is 7.75. The number of nitrogens with one attached hydrogen (secondary N) is 3. The lowest BCUT2D eigenvalue weighted by Gasteiger charge is -2.44. The average Bonchev–Trinajstić information content (AvgIpc) is 3.31. The highest BCUT2D eigenvalue weighted by atomic mass is 32.2. The lowest BCUT2D eigenvalue weighted by Crippen LogP contribution is -2.67. The van der Waals surface area contributed by atoms with E-state index in [0.717, 1.165) is 12.2 Å². The van der Waals surface area contributed by atoms with E-state index in [9.17, 15) is 39.9 Å². The van der Waals surface area contributed by atoms with Gasteiger partial charge in [0.15, 0.2) is 0 Å². The first-order valence-corrected chi connectivity index (χ1v) is 11.9. The summed E-state index contributed by atoms with van der Waals surface area (Å²) in [5.74, 6) is -4.29. The number of carboxylic acid groups (broad SMARTS) is 1. The van der Waals surface area contributed by atoms with Crippen molar-refractivity contribution in [3.63, 3.8) is 0 Å². The number of rotatable bonds is 10. The molecule has 9 atom stereocenters. The number of amides is 3. The summed E-state index contributed by atoms with van der Waals surface area (Å²) in [6.45, 7) is -0.889. The van der Waals surface area contributed by atoms with Gasteiger partial charge in [-0.05, 0) is 12.8 Å². The van der Waals surface area contributed by atoms with E-state index in [-0.39, 0.29) is 29.8 Å². The van der Waals surface area contributed by atoms with Crippen molar-refractivity contribution in [1.29, 1.82) is 0 Å². The molecule has 3 saturated heterocycles. The molecule has 3 amide bonds. The van der Waals surface area contributed by atoms with Crippen molar-refractivity contribution < 1.29 is 49.8 Å². The summed E-state index contributed by atoms with van der Waals surface area (Å²) in [7, 11) is 0. The number of hydrogen-bond donors (Lipinski definition) is 9. The summed E-state index contributed by atoms with van der Waals surface area (Å²) in [4.78, 5) is 35.2. The zero-order chi connectivity index (χ0) is 24.3. The van der Waals surface area contributed by atoms with Crippen LogP contribution < -0.4 is 16.0 Å². The van der Waals surface area contributed by atoms with Crippen molar-refractivity contribution in [3.05, 3.63) is 0 Å². The van der Waals surface area contributed by atoms with E-state index in [1.807, 2.05) is 0 Å². The largest absolute Gasteiger partial charge is 0.477 e. The minimum absolute atomic E-state index is 0.0686. The number of unbranched alkanes of at least 4 members (excludes halogenated alkanes) is 1. The summed E-state index contributed by atoms with van der Waals surface area (Å²) in [6, 6.07) is -1.30. The fraction of sp³-hybridized carbons (Fsp3) is 0.842. The SMILES string of the molecule is O=C(CCCC[C@@H]1SC[C@@H]2NC(=O)N[C@@H]21)N[C@H]1[C@H]([C@H](O)[C@H](O)CO)O[C@](O)(C(=O)O)C[C@@H]1O. The lowest BCUT2D eigenvalue weighted by atomic mass is 9.88. The van der Waals surface area contributed by atoms with Gasteiger partial charge in [-0.15, -0.1) is 0 Å². The summed E-state index contributed by atoms with van der Waals surface area (Å²) in [6.07, 6.45) is -5.60.